The summed E-state index contributed by atoms with van der Waals surface area (Å²) in [7, 11) is -3.65. The van der Waals surface area contributed by atoms with E-state index in [-0.39, 0.29) is 12.2 Å². The number of hydrogen-bond acceptors (Lipinski definition) is 4. The lowest BCUT2D eigenvalue weighted by Crippen LogP contribution is -2.14. The predicted octanol–water partition coefficient (Wildman–Crippen LogP) is 5.92. The molecule has 0 aliphatic carbocycles. The van der Waals surface area contributed by atoms with Crippen LogP contribution in [0.4, 0.5) is 0 Å². The van der Waals surface area contributed by atoms with Crippen molar-refractivity contribution in [3.8, 4) is 0 Å². The Morgan fingerprint density at radius 3 is 1.76 bits per heavy atom. The van der Waals surface area contributed by atoms with E-state index < -0.39 is 16.1 Å². The Morgan fingerprint density at radius 1 is 0.760 bits per heavy atom. The van der Waals surface area contributed by atoms with Gasteiger partial charge in [0.25, 0.3) is 0 Å². The molecular weight excluding hydrogens is 336 g/mol. The highest BCUT2D eigenvalue weighted by molar-refractivity contribution is 7.87. The van der Waals surface area contributed by atoms with Crippen LogP contribution in [0.15, 0.2) is 12.2 Å². The quantitative estimate of drug-likeness (QED) is 0.180. The molecule has 0 aromatic rings. The van der Waals surface area contributed by atoms with Crippen molar-refractivity contribution in [2.24, 2.45) is 0 Å². The van der Waals surface area contributed by atoms with Gasteiger partial charge in [-0.3, -0.25) is 4.79 Å². The Labute approximate surface area is 155 Å². The highest BCUT2D eigenvalue weighted by Crippen LogP contribution is 2.10. The fraction of sp³-hybridized carbons (Fsp3) is 0.850. The molecule has 25 heavy (non-hydrogen) atoms. The molecule has 0 saturated carbocycles. The van der Waals surface area contributed by atoms with Gasteiger partial charge in [0.15, 0.2) is 0 Å². The van der Waals surface area contributed by atoms with E-state index in [1.54, 1.807) is 0 Å². The second kappa shape index (κ2) is 16.6. The van der Waals surface area contributed by atoms with Crippen molar-refractivity contribution in [1.82, 2.24) is 0 Å². The Morgan fingerprint density at radius 2 is 1.24 bits per heavy atom. The van der Waals surface area contributed by atoms with Gasteiger partial charge in [0.1, 0.15) is 0 Å². The molecule has 0 aliphatic rings. The van der Waals surface area contributed by atoms with Crippen LogP contribution >= 0.6 is 0 Å². The fourth-order valence-electron chi connectivity index (χ4n) is 2.58. The first-order chi connectivity index (χ1) is 12.0. The van der Waals surface area contributed by atoms with E-state index in [1.165, 1.54) is 58.3 Å². The Bertz CT molecular complexity index is 441. The summed E-state index contributed by atoms with van der Waals surface area (Å²) in [4.78, 5) is 11.3. The molecular formula is C20H38O4S. The van der Waals surface area contributed by atoms with Gasteiger partial charge in [-0.25, -0.2) is 0 Å². The minimum atomic E-state index is -3.65. The van der Waals surface area contributed by atoms with Gasteiger partial charge >= 0.3 is 16.1 Å². The van der Waals surface area contributed by atoms with E-state index in [4.69, 9.17) is 0 Å². The maximum absolute atomic E-state index is 11.3. The van der Waals surface area contributed by atoms with Crippen molar-refractivity contribution in [2.75, 3.05) is 5.75 Å². The third-order valence-electron chi connectivity index (χ3n) is 4.22. The summed E-state index contributed by atoms with van der Waals surface area (Å²) in [6, 6.07) is 0. The van der Waals surface area contributed by atoms with Crippen molar-refractivity contribution < 1.29 is 17.4 Å². The summed E-state index contributed by atoms with van der Waals surface area (Å²) in [6.45, 7) is 3.71. The molecule has 0 rings (SSSR count). The lowest BCUT2D eigenvalue weighted by Gasteiger charge is -2.03. The summed E-state index contributed by atoms with van der Waals surface area (Å²) < 4.78 is 26.7. The van der Waals surface area contributed by atoms with Gasteiger partial charge in [0, 0.05) is 6.42 Å². The molecule has 4 nitrogen and oxygen atoms in total. The standard InChI is InChI=1S/C20H38O4S/c1-3-5-6-7-8-9-10-11-12-13-14-15-16-17-18-19-20(21)24-25(22,23)4-2/h11-12H,3-10,13-19H2,1-2H3/b12-11-. The molecule has 0 unspecified atom stereocenters. The van der Waals surface area contributed by atoms with Gasteiger partial charge in [-0.1, -0.05) is 70.4 Å². The molecule has 0 fully saturated rings. The first kappa shape index (κ1) is 24.2. The molecule has 0 amide bonds. The van der Waals surface area contributed by atoms with Crippen molar-refractivity contribution >= 4 is 16.1 Å². The maximum Gasteiger partial charge on any atom is 0.322 e. The summed E-state index contributed by atoms with van der Waals surface area (Å²) in [5.41, 5.74) is 0. The molecule has 0 radical (unpaired) electrons. The van der Waals surface area contributed by atoms with Gasteiger partial charge < -0.3 is 4.18 Å². The van der Waals surface area contributed by atoms with Crippen molar-refractivity contribution in [3.63, 3.8) is 0 Å². The Balaban J connectivity index is 3.33. The molecule has 148 valence electrons. The predicted molar refractivity (Wildman–Crippen MR) is 105 cm³/mol. The van der Waals surface area contributed by atoms with Gasteiger partial charge in [-0.05, 0) is 39.0 Å². The first-order valence-corrected chi connectivity index (χ1v) is 11.7. The van der Waals surface area contributed by atoms with E-state index >= 15 is 0 Å². The average molecular weight is 375 g/mol. The maximum atomic E-state index is 11.3. The molecule has 0 aromatic heterocycles. The van der Waals surface area contributed by atoms with Crippen molar-refractivity contribution in [1.29, 1.82) is 0 Å². The first-order valence-electron chi connectivity index (χ1n) is 10.1. The number of carbonyl (C=O) groups excluding carboxylic acids is 1. The zero-order chi connectivity index (χ0) is 18.8. The van der Waals surface area contributed by atoms with Gasteiger partial charge in [-0.2, -0.15) is 8.42 Å². The number of rotatable bonds is 17. The number of unbranched alkanes of at least 4 members (excludes halogenated alkanes) is 11. The van der Waals surface area contributed by atoms with Crippen LogP contribution in [0.1, 0.15) is 104 Å². The summed E-state index contributed by atoms with van der Waals surface area (Å²) in [5, 5.41) is 0. The molecule has 0 aliphatic heterocycles. The topological polar surface area (TPSA) is 60.4 Å². The zero-order valence-corrected chi connectivity index (χ0v) is 17.1. The molecule has 0 spiro atoms. The second-order valence-corrected chi connectivity index (χ2v) is 8.50. The van der Waals surface area contributed by atoms with E-state index in [1.807, 2.05) is 0 Å². The SMILES string of the molecule is CCCCCCCC/C=C\CCCCCCCC(=O)OS(=O)(=O)CC. The lowest BCUT2D eigenvalue weighted by molar-refractivity contribution is -0.133. The Hall–Kier alpha value is -0.840. The zero-order valence-electron chi connectivity index (χ0n) is 16.3. The van der Waals surface area contributed by atoms with Crippen LogP contribution in [0, 0.1) is 0 Å². The highest BCUT2D eigenvalue weighted by Gasteiger charge is 2.13. The van der Waals surface area contributed by atoms with Crippen LogP contribution < -0.4 is 0 Å². The molecule has 0 atom stereocenters. The molecule has 5 heteroatoms. The Kier molecular flexibility index (Phi) is 16.1. The van der Waals surface area contributed by atoms with Crippen LogP contribution in [-0.4, -0.2) is 20.1 Å². The summed E-state index contributed by atoms with van der Waals surface area (Å²) in [5.74, 6) is -0.787. The summed E-state index contributed by atoms with van der Waals surface area (Å²) in [6.07, 6.45) is 20.3. The van der Waals surface area contributed by atoms with Gasteiger partial charge in [0.2, 0.25) is 0 Å². The van der Waals surface area contributed by atoms with E-state index in [2.05, 4.69) is 23.3 Å². The monoisotopic (exact) mass is 374 g/mol. The van der Waals surface area contributed by atoms with E-state index in [9.17, 15) is 13.2 Å². The minimum absolute atomic E-state index is 0.162. The number of hydrogen-bond donors (Lipinski definition) is 0. The third-order valence-corrected chi connectivity index (χ3v) is 5.36. The third kappa shape index (κ3) is 17.8. The fourth-order valence-corrected chi connectivity index (χ4v) is 3.07. The normalized spacial score (nSPS) is 11.9. The molecule has 0 bridgehead atoms. The molecule has 0 heterocycles. The lowest BCUT2D eigenvalue weighted by atomic mass is 10.1. The number of carbonyl (C=O) groups is 1. The van der Waals surface area contributed by atoms with Crippen LogP contribution in [-0.2, 0) is 19.1 Å². The van der Waals surface area contributed by atoms with Crippen LogP contribution in [0.5, 0.6) is 0 Å². The average Bonchev–Trinajstić information content (AvgIpc) is 2.58. The smallest absolute Gasteiger partial charge is 0.322 e. The largest absolute Gasteiger partial charge is 0.346 e. The van der Waals surface area contributed by atoms with Crippen molar-refractivity contribution in [2.45, 2.75) is 104 Å². The van der Waals surface area contributed by atoms with Crippen LogP contribution in [0.2, 0.25) is 0 Å². The number of allylic oxidation sites excluding steroid dienone is 2. The molecule has 0 aromatic carbocycles. The minimum Gasteiger partial charge on any atom is -0.346 e. The molecule has 0 saturated heterocycles. The van der Waals surface area contributed by atoms with E-state index in [0.29, 0.717) is 6.42 Å². The summed E-state index contributed by atoms with van der Waals surface area (Å²) >= 11 is 0. The van der Waals surface area contributed by atoms with Crippen LogP contribution in [0.25, 0.3) is 0 Å². The van der Waals surface area contributed by atoms with Crippen molar-refractivity contribution in [3.05, 3.63) is 12.2 Å². The second-order valence-electron chi connectivity index (χ2n) is 6.64. The highest BCUT2D eigenvalue weighted by atomic mass is 32.2. The van der Waals surface area contributed by atoms with Crippen LogP contribution in [0.3, 0.4) is 0 Å². The molecule has 0 N–H and O–H groups in total. The van der Waals surface area contributed by atoms with E-state index in [0.717, 1.165) is 25.7 Å². The van der Waals surface area contributed by atoms with Gasteiger partial charge in [-0.15, -0.1) is 0 Å². The van der Waals surface area contributed by atoms with Gasteiger partial charge in [0.05, 0.1) is 5.75 Å².